The van der Waals surface area contributed by atoms with Crippen LogP contribution in [-0.2, 0) is 0 Å². The molecule has 0 fully saturated rings. The minimum Gasteiger partial charge on any atom is -0.338 e. The number of pyridine rings is 1. The van der Waals surface area contributed by atoms with Crippen LogP contribution in [0.4, 0.5) is 15.0 Å². The van der Waals surface area contributed by atoms with Crippen molar-refractivity contribution >= 4 is 11.8 Å². The molecule has 2 N–H and O–H groups in total. The Balaban J connectivity index is 1.53. The summed E-state index contributed by atoms with van der Waals surface area (Å²) < 4.78 is 15.0. The van der Waals surface area contributed by atoms with Crippen molar-refractivity contribution in [3.05, 3.63) is 48.6 Å². The van der Waals surface area contributed by atoms with E-state index in [1.807, 2.05) is 0 Å². The van der Waals surface area contributed by atoms with E-state index in [1.54, 1.807) is 12.3 Å². The first-order valence-corrected chi connectivity index (χ1v) is 8.09. The minimum atomic E-state index is -0.474. The lowest BCUT2D eigenvalue weighted by Gasteiger charge is -2.14. The number of nitrogens with zero attached hydrogens (tertiary/aromatic N) is 3. The number of carbonyl (C=O) groups is 1. The summed E-state index contributed by atoms with van der Waals surface area (Å²) in [5, 5.41) is 9.65. The first-order valence-electron chi connectivity index (χ1n) is 8.09. The van der Waals surface area contributed by atoms with Gasteiger partial charge in [-0.3, -0.25) is 5.32 Å². The fourth-order valence-corrected chi connectivity index (χ4v) is 2.70. The van der Waals surface area contributed by atoms with E-state index < -0.39 is 5.82 Å². The number of amides is 2. The molecule has 1 aliphatic carbocycles. The molecule has 7 heteroatoms. The molecule has 2 aromatic rings. The van der Waals surface area contributed by atoms with Crippen LogP contribution in [0.5, 0.6) is 0 Å². The number of hydrogen-bond donors (Lipinski definition) is 2. The highest BCUT2D eigenvalue weighted by atomic mass is 19.1. The van der Waals surface area contributed by atoms with Crippen LogP contribution >= 0.6 is 0 Å². The molecular weight excluding hydrogens is 309 g/mol. The molecular formula is C17H20FN5O. The molecule has 0 bridgehead atoms. The van der Waals surface area contributed by atoms with Gasteiger partial charge in [0.05, 0.1) is 0 Å². The monoisotopic (exact) mass is 329 g/mol. The van der Waals surface area contributed by atoms with Gasteiger partial charge in [-0.25, -0.2) is 18.9 Å². The number of carbonyl (C=O) groups excluding carboxylic acids is 1. The number of hydrogen-bond acceptors (Lipinski definition) is 3. The van der Waals surface area contributed by atoms with Gasteiger partial charge in [0.25, 0.3) is 0 Å². The summed E-state index contributed by atoms with van der Waals surface area (Å²) in [6.45, 7) is 0.642. The van der Waals surface area contributed by atoms with Crippen molar-refractivity contribution in [2.75, 3.05) is 11.9 Å². The Morgan fingerprint density at radius 3 is 2.83 bits per heavy atom. The smallest absolute Gasteiger partial charge is 0.320 e. The summed E-state index contributed by atoms with van der Waals surface area (Å²) >= 11 is 0. The molecule has 2 aromatic heterocycles. The Morgan fingerprint density at radius 1 is 1.29 bits per heavy atom. The average molecular weight is 329 g/mol. The molecule has 0 saturated heterocycles. The molecule has 0 aromatic carbocycles. The van der Waals surface area contributed by atoms with Crippen LogP contribution in [0, 0.1) is 11.7 Å². The zero-order chi connectivity index (χ0) is 16.8. The largest absolute Gasteiger partial charge is 0.338 e. The van der Waals surface area contributed by atoms with E-state index in [0.717, 1.165) is 25.7 Å². The summed E-state index contributed by atoms with van der Waals surface area (Å²) in [5.74, 6) is 0.460. The second kappa shape index (κ2) is 7.72. The van der Waals surface area contributed by atoms with Crippen LogP contribution in [0.1, 0.15) is 25.7 Å². The molecule has 2 heterocycles. The summed E-state index contributed by atoms with van der Waals surface area (Å²) in [7, 11) is 0. The van der Waals surface area contributed by atoms with Gasteiger partial charge in [-0.15, -0.1) is 5.10 Å². The van der Waals surface area contributed by atoms with E-state index in [4.69, 9.17) is 0 Å². The molecule has 0 atom stereocenters. The molecule has 1 aliphatic rings. The van der Waals surface area contributed by atoms with Crippen molar-refractivity contribution in [2.24, 2.45) is 5.92 Å². The first-order chi connectivity index (χ1) is 11.7. The van der Waals surface area contributed by atoms with Gasteiger partial charge in [0.15, 0.2) is 17.5 Å². The van der Waals surface area contributed by atoms with Gasteiger partial charge in [-0.05, 0) is 43.7 Å². The van der Waals surface area contributed by atoms with E-state index >= 15 is 0 Å². The predicted octanol–water partition coefficient (Wildman–Crippen LogP) is 3.27. The van der Waals surface area contributed by atoms with Gasteiger partial charge in [0.1, 0.15) is 0 Å². The van der Waals surface area contributed by atoms with Crippen LogP contribution in [0.3, 0.4) is 0 Å². The minimum absolute atomic E-state index is 0.0944. The fourth-order valence-electron chi connectivity index (χ4n) is 2.70. The van der Waals surface area contributed by atoms with Gasteiger partial charge < -0.3 is 5.32 Å². The van der Waals surface area contributed by atoms with Crippen molar-refractivity contribution in [3.63, 3.8) is 0 Å². The molecule has 0 aliphatic heterocycles. The van der Waals surface area contributed by atoms with E-state index in [9.17, 15) is 9.18 Å². The lowest BCUT2D eigenvalue weighted by atomic mass is 10.0. The van der Waals surface area contributed by atoms with Crippen molar-refractivity contribution in [3.8, 4) is 5.82 Å². The maximum absolute atomic E-state index is 13.7. The molecule has 24 heavy (non-hydrogen) atoms. The fraction of sp³-hybridized carbons (Fsp3) is 0.353. The number of rotatable bonds is 4. The average Bonchev–Trinajstić information content (AvgIpc) is 2.87. The maximum Gasteiger partial charge on any atom is 0.320 e. The van der Waals surface area contributed by atoms with Crippen molar-refractivity contribution in [1.29, 1.82) is 0 Å². The Morgan fingerprint density at radius 2 is 2.08 bits per heavy atom. The van der Waals surface area contributed by atoms with Gasteiger partial charge in [0.2, 0.25) is 0 Å². The van der Waals surface area contributed by atoms with Crippen molar-refractivity contribution < 1.29 is 9.18 Å². The van der Waals surface area contributed by atoms with E-state index in [1.165, 1.54) is 23.0 Å². The van der Waals surface area contributed by atoms with Crippen LogP contribution < -0.4 is 10.6 Å². The van der Waals surface area contributed by atoms with Crippen LogP contribution in [-0.4, -0.2) is 27.3 Å². The molecule has 0 unspecified atom stereocenters. The highest BCUT2D eigenvalue weighted by Gasteiger charge is 2.12. The number of allylic oxidation sites excluding steroid dienone is 2. The number of halogens is 1. The van der Waals surface area contributed by atoms with E-state index in [0.29, 0.717) is 18.3 Å². The topological polar surface area (TPSA) is 71.8 Å². The number of anilines is 1. The molecule has 0 saturated carbocycles. The lowest BCUT2D eigenvalue weighted by Crippen LogP contribution is -2.33. The molecule has 0 radical (unpaired) electrons. The van der Waals surface area contributed by atoms with Crippen molar-refractivity contribution in [2.45, 2.75) is 25.7 Å². The van der Waals surface area contributed by atoms with Crippen LogP contribution in [0.25, 0.3) is 5.82 Å². The highest BCUT2D eigenvalue weighted by molar-refractivity contribution is 5.88. The summed E-state index contributed by atoms with van der Waals surface area (Å²) in [6, 6.07) is 4.12. The SMILES string of the molecule is O=C(NCC1CCC=CCC1)Nc1ccn(-c2ncccc2F)n1. The maximum atomic E-state index is 13.7. The summed E-state index contributed by atoms with van der Waals surface area (Å²) in [5.41, 5.74) is 0. The third kappa shape index (κ3) is 4.18. The Bertz CT molecular complexity index is 717. The Hall–Kier alpha value is -2.70. The van der Waals surface area contributed by atoms with Gasteiger partial charge >= 0.3 is 6.03 Å². The third-order valence-corrected chi connectivity index (χ3v) is 3.99. The Kier molecular flexibility index (Phi) is 5.20. The zero-order valence-corrected chi connectivity index (χ0v) is 13.3. The molecule has 6 nitrogen and oxygen atoms in total. The van der Waals surface area contributed by atoms with E-state index in [-0.39, 0.29) is 11.8 Å². The number of urea groups is 1. The Labute approximate surface area is 139 Å². The van der Waals surface area contributed by atoms with Crippen LogP contribution in [0.2, 0.25) is 0 Å². The third-order valence-electron chi connectivity index (χ3n) is 3.99. The molecule has 0 spiro atoms. The quantitative estimate of drug-likeness (QED) is 0.846. The molecule has 2 amide bonds. The van der Waals surface area contributed by atoms with Crippen molar-refractivity contribution in [1.82, 2.24) is 20.1 Å². The summed E-state index contributed by atoms with van der Waals surface area (Å²) in [4.78, 5) is 15.9. The second-order valence-electron chi connectivity index (χ2n) is 5.78. The number of aromatic nitrogens is 3. The number of nitrogens with one attached hydrogen (secondary N) is 2. The summed E-state index contributed by atoms with van der Waals surface area (Å²) in [6.07, 6.45) is 11.7. The van der Waals surface area contributed by atoms with Gasteiger partial charge in [-0.1, -0.05) is 12.2 Å². The predicted molar refractivity (Wildman–Crippen MR) is 89.4 cm³/mol. The lowest BCUT2D eigenvalue weighted by molar-refractivity contribution is 0.249. The van der Waals surface area contributed by atoms with Crippen LogP contribution in [0.15, 0.2) is 42.7 Å². The molecule has 126 valence electrons. The highest BCUT2D eigenvalue weighted by Crippen LogP contribution is 2.17. The first kappa shape index (κ1) is 16.2. The van der Waals surface area contributed by atoms with E-state index in [2.05, 4.69) is 32.9 Å². The standard InChI is InChI=1S/C17H20FN5O/c18-14-8-5-10-19-16(14)23-11-9-15(22-23)21-17(24)20-12-13-6-3-1-2-4-7-13/h1-2,5,8-11,13H,3-4,6-7,12H2,(H2,20,21,22,24). The zero-order valence-electron chi connectivity index (χ0n) is 13.3. The van der Waals surface area contributed by atoms with Gasteiger partial charge in [-0.2, -0.15) is 0 Å². The normalized spacial score (nSPS) is 15.0. The molecule has 3 rings (SSSR count). The van der Waals surface area contributed by atoms with Gasteiger partial charge in [0, 0.05) is 25.0 Å². The second-order valence-corrected chi connectivity index (χ2v) is 5.78.